The lowest BCUT2D eigenvalue weighted by Gasteiger charge is -2.13. The number of rotatable bonds is 6. The molecule has 0 unspecified atom stereocenters. The van der Waals surface area contributed by atoms with E-state index in [1.54, 1.807) is 18.2 Å². The average Bonchev–Trinajstić information content (AvgIpc) is 2.91. The summed E-state index contributed by atoms with van der Waals surface area (Å²) in [4.78, 5) is 0.325. The summed E-state index contributed by atoms with van der Waals surface area (Å²) in [6.45, 7) is 2.47. The number of benzene rings is 1. The zero-order valence-electron chi connectivity index (χ0n) is 12.1. The van der Waals surface area contributed by atoms with E-state index in [1.165, 1.54) is 25.7 Å². The number of nitrogens with one attached hydrogen (secondary N) is 1. The second-order valence-electron chi connectivity index (χ2n) is 5.56. The van der Waals surface area contributed by atoms with Crippen LogP contribution in [0.25, 0.3) is 0 Å². The molecule has 0 amide bonds. The standard InChI is InChI=1S/C15H24N2O2S/c1-2-13-7-8-14(16)11-15(13)20(18,19)17-10-9-12-5-3-4-6-12/h7-8,11-12,17H,2-6,9-10,16H2,1H3. The van der Waals surface area contributed by atoms with Gasteiger partial charge in [0.2, 0.25) is 10.0 Å². The molecule has 2 rings (SSSR count). The van der Waals surface area contributed by atoms with Crippen molar-refractivity contribution in [1.29, 1.82) is 0 Å². The van der Waals surface area contributed by atoms with Gasteiger partial charge in [-0.3, -0.25) is 0 Å². The Morgan fingerprint density at radius 2 is 2.00 bits per heavy atom. The van der Waals surface area contributed by atoms with Crippen LogP contribution in [0.4, 0.5) is 5.69 Å². The van der Waals surface area contributed by atoms with Gasteiger partial charge in [-0.05, 0) is 36.5 Å². The van der Waals surface area contributed by atoms with Crippen LogP contribution < -0.4 is 10.5 Å². The monoisotopic (exact) mass is 296 g/mol. The van der Waals surface area contributed by atoms with Gasteiger partial charge in [-0.1, -0.05) is 38.7 Å². The molecule has 1 aliphatic carbocycles. The molecule has 4 nitrogen and oxygen atoms in total. The number of aryl methyl sites for hydroxylation is 1. The van der Waals surface area contributed by atoms with Crippen molar-refractivity contribution in [3.8, 4) is 0 Å². The fourth-order valence-electron chi connectivity index (χ4n) is 2.89. The van der Waals surface area contributed by atoms with Crippen LogP contribution in [0.15, 0.2) is 23.1 Å². The Hall–Kier alpha value is -1.07. The molecule has 3 N–H and O–H groups in total. The van der Waals surface area contributed by atoms with Crippen molar-refractivity contribution in [2.24, 2.45) is 5.92 Å². The van der Waals surface area contributed by atoms with Crippen molar-refractivity contribution in [2.75, 3.05) is 12.3 Å². The maximum absolute atomic E-state index is 12.4. The Morgan fingerprint density at radius 3 is 2.65 bits per heavy atom. The smallest absolute Gasteiger partial charge is 0.240 e. The van der Waals surface area contributed by atoms with Crippen LogP contribution in [0.5, 0.6) is 0 Å². The number of nitrogen functional groups attached to an aromatic ring is 1. The molecular weight excluding hydrogens is 272 g/mol. The number of nitrogens with two attached hydrogens (primary N) is 1. The van der Waals surface area contributed by atoms with E-state index >= 15 is 0 Å². The van der Waals surface area contributed by atoms with Crippen molar-refractivity contribution in [2.45, 2.75) is 50.3 Å². The summed E-state index contributed by atoms with van der Waals surface area (Å²) in [5.74, 6) is 0.684. The molecule has 112 valence electrons. The highest BCUT2D eigenvalue weighted by Crippen LogP contribution is 2.27. The average molecular weight is 296 g/mol. The Kier molecular flexibility index (Phi) is 5.05. The van der Waals surface area contributed by atoms with Crippen LogP contribution in [0.3, 0.4) is 0 Å². The summed E-state index contributed by atoms with van der Waals surface area (Å²) in [7, 11) is -3.45. The summed E-state index contributed by atoms with van der Waals surface area (Å²) < 4.78 is 27.5. The normalized spacial score (nSPS) is 16.6. The topological polar surface area (TPSA) is 72.2 Å². The molecule has 1 aromatic rings. The van der Waals surface area contributed by atoms with E-state index in [0.29, 0.717) is 29.5 Å². The molecule has 0 atom stereocenters. The van der Waals surface area contributed by atoms with E-state index < -0.39 is 10.0 Å². The lowest BCUT2D eigenvalue weighted by atomic mass is 10.1. The second kappa shape index (κ2) is 6.59. The molecule has 20 heavy (non-hydrogen) atoms. The second-order valence-corrected chi connectivity index (χ2v) is 7.29. The molecule has 0 spiro atoms. The summed E-state index contributed by atoms with van der Waals surface area (Å²) in [6, 6.07) is 5.09. The Balaban J connectivity index is 2.03. The Bertz CT molecular complexity index is 549. The SMILES string of the molecule is CCc1ccc(N)cc1S(=O)(=O)NCCC1CCCC1. The zero-order valence-corrected chi connectivity index (χ0v) is 12.9. The molecule has 1 aromatic carbocycles. The van der Waals surface area contributed by atoms with Gasteiger partial charge in [0.1, 0.15) is 0 Å². The molecule has 0 heterocycles. The molecule has 1 saturated carbocycles. The maximum atomic E-state index is 12.4. The number of hydrogen-bond donors (Lipinski definition) is 2. The molecule has 1 aliphatic rings. The number of sulfonamides is 1. The Morgan fingerprint density at radius 1 is 1.30 bits per heavy atom. The van der Waals surface area contributed by atoms with Gasteiger partial charge in [-0.15, -0.1) is 0 Å². The first kappa shape index (κ1) is 15.3. The number of hydrogen-bond acceptors (Lipinski definition) is 3. The van der Waals surface area contributed by atoms with Gasteiger partial charge in [0, 0.05) is 12.2 Å². The van der Waals surface area contributed by atoms with Crippen molar-refractivity contribution >= 4 is 15.7 Å². The van der Waals surface area contributed by atoms with Crippen LogP contribution in [0.1, 0.15) is 44.6 Å². The van der Waals surface area contributed by atoms with E-state index in [1.807, 2.05) is 6.92 Å². The van der Waals surface area contributed by atoms with Gasteiger partial charge in [0.05, 0.1) is 4.90 Å². The van der Waals surface area contributed by atoms with Crippen LogP contribution in [-0.4, -0.2) is 15.0 Å². The predicted octanol–water partition coefficient (Wildman–Crippen LogP) is 2.69. The minimum absolute atomic E-state index is 0.325. The summed E-state index contributed by atoms with van der Waals surface area (Å²) in [5, 5.41) is 0. The highest BCUT2D eigenvalue weighted by molar-refractivity contribution is 7.89. The fraction of sp³-hybridized carbons (Fsp3) is 0.600. The molecule has 0 bridgehead atoms. The van der Waals surface area contributed by atoms with Crippen LogP contribution >= 0.6 is 0 Å². The lowest BCUT2D eigenvalue weighted by molar-refractivity contribution is 0.495. The predicted molar refractivity (Wildman–Crippen MR) is 82.0 cm³/mol. The molecule has 1 fully saturated rings. The zero-order chi connectivity index (χ0) is 14.6. The van der Waals surface area contributed by atoms with E-state index in [-0.39, 0.29) is 0 Å². The first-order valence-electron chi connectivity index (χ1n) is 7.41. The van der Waals surface area contributed by atoms with Gasteiger partial charge >= 0.3 is 0 Å². The quantitative estimate of drug-likeness (QED) is 0.793. The van der Waals surface area contributed by atoms with Crippen LogP contribution in [0, 0.1) is 5.92 Å². The van der Waals surface area contributed by atoms with Gasteiger partial charge in [0.15, 0.2) is 0 Å². The summed E-state index contributed by atoms with van der Waals surface area (Å²) >= 11 is 0. The van der Waals surface area contributed by atoms with Crippen LogP contribution in [0.2, 0.25) is 0 Å². The third-order valence-electron chi connectivity index (χ3n) is 4.08. The first-order valence-corrected chi connectivity index (χ1v) is 8.89. The largest absolute Gasteiger partial charge is 0.399 e. The maximum Gasteiger partial charge on any atom is 0.240 e. The number of anilines is 1. The van der Waals surface area contributed by atoms with Crippen LogP contribution in [-0.2, 0) is 16.4 Å². The molecule has 0 aromatic heterocycles. The van der Waals surface area contributed by atoms with E-state index in [2.05, 4.69) is 4.72 Å². The summed E-state index contributed by atoms with van der Waals surface area (Å²) in [6.07, 6.45) is 6.65. The van der Waals surface area contributed by atoms with Gasteiger partial charge in [-0.2, -0.15) is 0 Å². The van der Waals surface area contributed by atoms with Crippen molar-refractivity contribution in [3.05, 3.63) is 23.8 Å². The fourth-order valence-corrected chi connectivity index (χ4v) is 4.28. The highest BCUT2D eigenvalue weighted by atomic mass is 32.2. The minimum atomic E-state index is -3.45. The van der Waals surface area contributed by atoms with Gasteiger partial charge in [0.25, 0.3) is 0 Å². The van der Waals surface area contributed by atoms with Crippen molar-refractivity contribution in [3.63, 3.8) is 0 Å². The molecular formula is C15H24N2O2S. The highest BCUT2D eigenvalue weighted by Gasteiger charge is 2.20. The van der Waals surface area contributed by atoms with Crippen molar-refractivity contribution < 1.29 is 8.42 Å². The molecule has 0 radical (unpaired) electrons. The third kappa shape index (κ3) is 3.73. The van der Waals surface area contributed by atoms with E-state index in [0.717, 1.165) is 12.0 Å². The molecule has 5 heteroatoms. The summed E-state index contributed by atoms with van der Waals surface area (Å²) in [5.41, 5.74) is 7.01. The first-order chi connectivity index (χ1) is 9.53. The van der Waals surface area contributed by atoms with Gasteiger partial charge < -0.3 is 5.73 Å². The molecule has 0 saturated heterocycles. The van der Waals surface area contributed by atoms with E-state index in [9.17, 15) is 8.42 Å². The lowest BCUT2D eigenvalue weighted by Crippen LogP contribution is -2.27. The minimum Gasteiger partial charge on any atom is -0.399 e. The van der Waals surface area contributed by atoms with Gasteiger partial charge in [-0.25, -0.2) is 13.1 Å². The van der Waals surface area contributed by atoms with Crippen molar-refractivity contribution in [1.82, 2.24) is 4.72 Å². The van der Waals surface area contributed by atoms with E-state index in [4.69, 9.17) is 5.73 Å². The Labute approximate surface area is 121 Å². The molecule has 0 aliphatic heterocycles. The third-order valence-corrected chi connectivity index (χ3v) is 5.62.